The Morgan fingerprint density at radius 2 is 2.05 bits per heavy atom. The topological polar surface area (TPSA) is 60.7 Å². The molecular formula is C13H10ClNO4. The van der Waals surface area contributed by atoms with Crippen LogP contribution in [0.4, 0.5) is 0 Å². The van der Waals surface area contributed by atoms with Gasteiger partial charge < -0.3 is 19.2 Å². The lowest BCUT2D eigenvalue weighted by Gasteiger charge is -2.04. The minimum absolute atomic E-state index is 0.186. The van der Waals surface area contributed by atoms with Crippen molar-refractivity contribution in [3.63, 3.8) is 0 Å². The van der Waals surface area contributed by atoms with Crippen LogP contribution >= 0.6 is 11.6 Å². The fourth-order valence-corrected chi connectivity index (χ4v) is 1.92. The first-order valence-corrected chi connectivity index (χ1v) is 6.02. The molecule has 1 N–H and O–H groups in total. The first kappa shape index (κ1) is 11.9. The second-order valence-electron chi connectivity index (χ2n) is 3.96. The van der Waals surface area contributed by atoms with Crippen LogP contribution in [0.3, 0.4) is 0 Å². The quantitative estimate of drug-likeness (QED) is 0.938. The number of hydrogen-bond acceptors (Lipinski definition) is 4. The SMILES string of the molecule is O=C(NCc1ccc(Cl)o1)c1ccc2c(c1)OCO2. The molecule has 0 atom stereocenters. The van der Waals surface area contributed by atoms with Gasteiger partial charge >= 0.3 is 0 Å². The van der Waals surface area contributed by atoms with E-state index < -0.39 is 0 Å². The van der Waals surface area contributed by atoms with Crippen LogP contribution in [0.1, 0.15) is 16.1 Å². The molecule has 1 amide bonds. The normalized spacial score (nSPS) is 12.5. The van der Waals surface area contributed by atoms with Crippen LogP contribution in [-0.2, 0) is 6.54 Å². The number of rotatable bonds is 3. The van der Waals surface area contributed by atoms with E-state index in [-0.39, 0.29) is 19.2 Å². The molecule has 0 saturated heterocycles. The fraction of sp³-hybridized carbons (Fsp3) is 0.154. The molecule has 0 radical (unpaired) electrons. The van der Waals surface area contributed by atoms with E-state index in [1.54, 1.807) is 30.3 Å². The van der Waals surface area contributed by atoms with Gasteiger partial charge in [0.05, 0.1) is 6.54 Å². The van der Waals surface area contributed by atoms with E-state index in [1.807, 2.05) is 0 Å². The van der Waals surface area contributed by atoms with Gasteiger partial charge in [0.15, 0.2) is 16.7 Å². The van der Waals surface area contributed by atoms with Crippen molar-refractivity contribution in [3.05, 3.63) is 46.9 Å². The lowest BCUT2D eigenvalue weighted by Crippen LogP contribution is -2.22. The van der Waals surface area contributed by atoms with Gasteiger partial charge in [-0.05, 0) is 41.9 Å². The average molecular weight is 280 g/mol. The fourth-order valence-electron chi connectivity index (χ4n) is 1.75. The predicted octanol–water partition coefficient (Wildman–Crippen LogP) is 2.59. The van der Waals surface area contributed by atoms with Gasteiger partial charge in [0.2, 0.25) is 6.79 Å². The summed E-state index contributed by atoms with van der Waals surface area (Å²) < 4.78 is 15.5. The third-order valence-electron chi connectivity index (χ3n) is 2.69. The summed E-state index contributed by atoms with van der Waals surface area (Å²) in [5, 5.41) is 3.03. The Balaban J connectivity index is 1.67. The number of benzene rings is 1. The molecule has 5 nitrogen and oxygen atoms in total. The van der Waals surface area contributed by atoms with Crippen molar-refractivity contribution < 1.29 is 18.7 Å². The van der Waals surface area contributed by atoms with Crippen LogP contribution in [0.15, 0.2) is 34.7 Å². The zero-order valence-electron chi connectivity index (χ0n) is 9.81. The number of halogens is 1. The van der Waals surface area contributed by atoms with Crippen molar-refractivity contribution in [2.24, 2.45) is 0 Å². The highest BCUT2D eigenvalue weighted by atomic mass is 35.5. The van der Waals surface area contributed by atoms with Gasteiger partial charge in [-0.3, -0.25) is 4.79 Å². The summed E-state index contributed by atoms with van der Waals surface area (Å²) in [6, 6.07) is 8.37. The number of fused-ring (bicyclic) bond motifs is 1. The summed E-state index contributed by atoms with van der Waals surface area (Å²) in [5.74, 6) is 1.60. The van der Waals surface area contributed by atoms with Crippen LogP contribution in [0.25, 0.3) is 0 Å². The zero-order valence-corrected chi connectivity index (χ0v) is 10.6. The summed E-state index contributed by atoms with van der Waals surface area (Å²) in [4.78, 5) is 11.9. The number of nitrogens with one attached hydrogen (secondary N) is 1. The molecule has 3 rings (SSSR count). The van der Waals surface area contributed by atoms with Gasteiger partial charge in [0, 0.05) is 5.56 Å². The van der Waals surface area contributed by atoms with E-state index in [4.69, 9.17) is 25.5 Å². The minimum atomic E-state index is -0.217. The van der Waals surface area contributed by atoms with E-state index in [0.717, 1.165) is 0 Å². The Morgan fingerprint density at radius 1 is 1.21 bits per heavy atom. The zero-order chi connectivity index (χ0) is 13.2. The predicted molar refractivity (Wildman–Crippen MR) is 67.5 cm³/mol. The highest BCUT2D eigenvalue weighted by Crippen LogP contribution is 2.32. The van der Waals surface area contributed by atoms with E-state index in [9.17, 15) is 4.79 Å². The molecule has 0 spiro atoms. The van der Waals surface area contributed by atoms with Crippen molar-refractivity contribution in [1.82, 2.24) is 5.32 Å². The maximum atomic E-state index is 11.9. The van der Waals surface area contributed by atoms with Crippen molar-refractivity contribution >= 4 is 17.5 Å². The summed E-state index contributed by atoms with van der Waals surface area (Å²) in [7, 11) is 0. The van der Waals surface area contributed by atoms with Gasteiger partial charge in [-0.15, -0.1) is 0 Å². The molecule has 2 aromatic rings. The number of carbonyl (C=O) groups is 1. The Morgan fingerprint density at radius 3 is 2.84 bits per heavy atom. The summed E-state index contributed by atoms with van der Waals surface area (Å²) in [6.45, 7) is 0.464. The standard InChI is InChI=1S/C13H10ClNO4/c14-12-4-2-9(19-12)6-15-13(16)8-1-3-10-11(5-8)18-7-17-10/h1-5H,6-7H2,(H,15,16). The van der Waals surface area contributed by atoms with Crippen LogP contribution in [0.2, 0.25) is 5.22 Å². The molecule has 0 aliphatic carbocycles. The van der Waals surface area contributed by atoms with Crippen LogP contribution in [0, 0.1) is 0 Å². The molecule has 1 aromatic carbocycles. The monoisotopic (exact) mass is 279 g/mol. The number of furan rings is 1. The molecule has 98 valence electrons. The average Bonchev–Trinajstić information content (AvgIpc) is 3.03. The highest BCUT2D eigenvalue weighted by molar-refractivity contribution is 6.28. The smallest absolute Gasteiger partial charge is 0.251 e. The molecule has 2 heterocycles. The van der Waals surface area contributed by atoms with Gasteiger partial charge in [-0.25, -0.2) is 0 Å². The molecule has 0 fully saturated rings. The van der Waals surface area contributed by atoms with E-state index >= 15 is 0 Å². The number of carbonyl (C=O) groups excluding carboxylic acids is 1. The highest BCUT2D eigenvalue weighted by Gasteiger charge is 2.16. The van der Waals surface area contributed by atoms with E-state index in [0.29, 0.717) is 28.0 Å². The Bertz CT molecular complexity index is 623. The van der Waals surface area contributed by atoms with E-state index in [2.05, 4.69) is 5.32 Å². The molecule has 0 saturated carbocycles. The third-order valence-corrected chi connectivity index (χ3v) is 2.89. The minimum Gasteiger partial charge on any atom is -0.454 e. The van der Waals surface area contributed by atoms with Crippen molar-refractivity contribution in [3.8, 4) is 11.5 Å². The maximum Gasteiger partial charge on any atom is 0.251 e. The molecule has 1 aliphatic rings. The summed E-state index contributed by atoms with van der Waals surface area (Å²) in [5.41, 5.74) is 0.502. The van der Waals surface area contributed by atoms with Crippen LogP contribution in [-0.4, -0.2) is 12.7 Å². The molecule has 19 heavy (non-hydrogen) atoms. The molecular weight excluding hydrogens is 270 g/mol. The first-order valence-electron chi connectivity index (χ1n) is 5.64. The number of ether oxygens (including phenoxy) is 2. The Kier molecular flexibility index (Phi) is 3.05. The summed E-state index contributed by atoms with van der Waals surface area (Å²) >= 11 is 5.65. The first-order chi connectivity index (χ1) is 9.22. The number of hydrogen-bond donors (Lipinski definition) is 1. The second-order valence-corrected chi connectivity index (χ2v) is 4.33. The Labute approximate surface area is 114 Å². The molecule has 6 heteroatoms. The Hall–Kier alpha value is -2.14. The molecule has 1 aromatic heterocycles. The largest absolute Gasteiger partial charge is 0.454 e. The van der Waals surface area contributed by atoms with Crippen molar-refractivity contribution in [2.45, 2.75) is 6.54 Å². The third kappa shape index (κ3) is 2.51. The van der Waals surface area contributed by atoms with Gasteiger partial charge in [-0.1, -0.05) is 0 Å². The second kappa shape index (κ2) is 4.85. The van der Waals surface area contributed by atoms with Gasteiger partial charge in [0.1, 0.15) is 5.76 Å². The van der Waals surface area contributed by atoms with Crippen LogP contribution in [0.5, 0.6) is 11.5 Å². The molecule has 0 unspecified atom stereocenters. The van der Waals surface area contributed by atoms with Crippen molar-refractivity contribution in [2.75, 3.05) is 6.79 Å². The lowest BCUT2D eigenvalue weighted by molar-refractivity contribution is 0.0947. The molecule has 0 bridgehead atoms. The van der Waals surface area contributed by atoms with Gasteiger partial charge in [0.25, 0.3) is 5.91 Å². The van der Waals surface area contributed by atoms with E-state index in [1.165, 1.54) is 0 Å². The number of amides is 1. The maximum absolute atomic E-state index is 11.9. The molecule has 1 aliphatic heterocycles. The summed E-state index contributed by atoms with van der Waals surface area (Å²) in [6.07, 6.45) is 0. The van der Waals surface area contributed by atoms with Gasteiger partial charge in [-0.2, -0.15) is 0 Å². The van der Waals surface area contributed by atoms with Crippen LogP contribution < -0.4 is 14.8 Å². The lowest BCUT2D eigenvalue weighted by atomic mass is 10.2. The van der Waals surface area contributed by atoms with Crippen molar-refractivity contribution in [1.29, 1.82) is 0 Å².